The van der Waals surface area contributed by atoms with Gasteiger partial charge in [0.25, 0.3) is 0 Å². The number of hydrogen-bond donors (Lipinski definition) is 0. The molecule has 0 atom stereocenters. The molecule has 0 saturated heterocycles. The number of imidazole rings is 2. The lowest BCUT2D eigenvalue weighted by atomic mass is 10.1. The lowest BCUT2D eigenvalue weighted by Crippen LogP contribution is -1.95. The zero-order valence-electron chi connectivity index (χ0n) is 15.2. The molecule has 0 amide bonds. The van der Waals surface area contributed by atoms with Crippen molar-refractivity contribution in [1.29, 1.82) is 0 Å². The standard InChI is InChI=1S/C21H18ClN3OS/c1-12(2)14-6-10-17-18(11-7-14)25-19(13(3)23-21(25)24-17)27-20(26)15-4-8-16(22)9-5-15/h4-12H,1-3H3. The van der Waals surface area contributed by atoms with Crippen molar-refractivity contribution in [2.24, 2.45) is 0 Å². The summed E-state index contributed by atoms with van der Waals surface area (Å²) in [5.74, 6) is 1.05. The minimum Gasteiger partial charge on any atom is -0.281 e. The fourth-order valence-electron chi connectivity index (χ4n) is 3.00. The molecule has 0 aliphatic carbocycles. The Labute approximate surface area is 166 Å². The van der Waals surface area contributed by atoms with Gasteiger partial charge in [-0.1, -0.05) is 37.6 Å². The molecule has 6 heteroatoms. The highest BCUT2D eigenvalue weighted by Gasteiger charge is 2.19. The molecule has 0 fully saturated rings. The average Bonchev–Trinajstić information content (AvgIpc) is 3.01. The molecule has 2 aromatic carbocycles. The van der Waals surface area contributed by atoms with Crippen molar-refractivity contribution in [3.8, 4) is 0 Å². The lowest BCUT2D eigenvalue weighted by molar-refractivity contribution is 0.108. The van der Waals surface area contributed by atoms with Crippen LogP contribution in [0, 0.1) is 6.92 Å². The van der Waals surface area contributed by atoms with Crippen molar-refractivity contribution in [2.75, 3.05) is 0 Å². The fraction of sp³-hybridized carbons (Fsp3) is 0.190. The largest absolute Gasteiger partial charge is 0.281 e. The van der Waals surface area contributed by atoms with E-state index in [1.807, 2.05) is 17.4 Å². The van der Waals surface area contributed by atoms with E-state index in [0.717, 1.165) is 21.8 Å². The van der Waals surface area contributed by atoms with Crippen molar-refractivity contribution in [1.82, 2.24) is 14.4 Å². The highest BCUT2D eigenvalue weighted by molar-refractivity contribution is 8.14. The molecule has 4 aromatic rings. The first kappa shape index (κ1) is 18.0. The molecule has 136 valence electrons. The Balaban J connectivity index is 1.82. The summed E-state index contributed by atoms with van der Waals surface area (Å²) in [5.41, 5.74) is 4.45. The van der Waals surface area contributed by atoms with Crippen molar-refractivity contribution >= 4 is 45.3 Å². The summed E-state index contributed by atoms with van der Waals surface area (Å²) in [4.78, 5) is 21.9. The van der Waals surface area contributed by atoms with Gasteiger partial charge in [-0.05, 0) is 66.6 Å². The molecule has 2 aromatic heterocycles. The molecule has 2 heterocycles. The number of hydrogen-bond acceptors (Lipinski definition) is 4. The van der Waals surface area contributed by atoms with Gasteiger partial charge in [0.05, 0.1) is 16.7 Å². The van der Waals surface area contributed by atoms with Crippen LogP contribution in [0.3, 0.4) is 0 Å². The number of fused-ring (bicyclic) bond motifs is 3. The van der Waals surface area contributed by atoms with Gasteiger partial charge in [0.2, 0.25) is 10.9 Å². The molecule has 4 nitrogen and oxygen atoms in total. The second-order valence-electron chi connectivity index (χ2n) is 6.74. The molecule has 0 radical (unpaired) electrons. The average molecular weight is 396 g/mol. The van der Waals surface area contributed by atoms with Gasteiger partial charge in [0.15, 0.2) is 0 Å². The second-order valence-corrected chi connectivity index (χ2v) is 8.14. The van der Waals surface area contributed by atoms with Gasteiger partial charge in [0.1, 0.15) is 5.03 Å². The maximum atomic E-state index is 12.7. The summed E-state index contributed by atoms with van der Waals surface area (Å²) in [7, 11) is 0. The van der Waals surface area contributed by atoms with Crippen LogP contribution in [0.5, 0.6) is 0 Å². The van der Waals surface area contributed by atoms with Crippen molar-refractivity contribution in [3.63, 3.8) is 0 Å². The number of carbonyl (C=O) groups is 1. The number of aryl methyl sites for hydroxylation is 1. The Bertz CT molecular complexity index is 1170. The van der Waals surface area contributed by atoms with Crippen LogP contribution in [0.4, 0.5) is 0 Å². The third kappa shape index (κ3) is 3.33. The van der Waals surface area contributed by atoms with Crippen LogP contribution in [0.15, 0.2) is 53.6 Å². The number of benzene rings is 1. The molecule has 27 heavy (non-hydrogen) atoms. The third-order valence-corrected chi connectivity index (χ3v) is 5.85. The first-order valence-corrected chi connectivity index (χ1v) is 9.90. The molecule has 0 saturated carbocycles. The maximum Gasteiger partial charge on any atom is 0.236 e. The van der Waals surface area contributed by atoms with E-state index in [2.05, 4.69) is 42.0 Å². The van der Waals surface area contributed by atoms with E-state index in [1.165, 1.54) is 17.3 Å². The Kier molecular flexibility index (Phi) is 4.66. The lowest BCUT2D eigenvalue weighted by Gasteiger charge is -2.02. The number of halogens is 1. The minimum absolute atomic E-state index is 0.0471. The normalized spacial score (nSPS) is 11.6. The molecular formula is C21H18ClN3OS. The van der Waals surface area contributed by atoms with Crippen molar-refractivity contribution in [3.05, 3.63) is 70.4 Å². The van der Waals surface area contributed by atoms with Gasteiger partial charge in [0, 0.05) is 10.6 Å². The summed E-state index contributed by atoms with van der Waals surface area (Å²) < 4.78 is 1.97. The highest BCUT2D eigenvalue weighted by Crippen LogP contribution is 2.31. The number of thioether (sulfide) groups is 1. The Morgan fingerprint density at radius 2 is 1.74 bits per heavy atom. The smallest absolute Gasteiger partial charge is 0.236 e. The highest BCUT2D eigenvalue weighted by atomic mass is 35.5. The predicted octanol–water partition coefficient (Wildman–Crippen LogP) is 5.90. The zero-order valence-corrected chi connectivity index (χ0v) is 16.8. The zero-order chi connectivity index (χ0) is 19.1. The number of carbonyl (C=O) groups excluding carboxylic acids is 1. The SMILES string of the molecule is Cc1nc2nc3ccc(C(C)C)ccc3n2c1SC(=O)c1ccc(Cl)cc1. The van der Waals surface area contributed by atoms with Crippen molar-refractivity contribution < 1.29 is 4.79 Å². The van der Waals surface area contributed by atoms with E-state index in [-0.39, 0.29) is 5.12 Å². The number of rotatable bonds is 3. The van der Waals surface area contributed by atoms with Gasteiger partial charge >= 0.3 is 0 Å². The quantitative estimate of drug-likeness (QED) is 0.405. The van der Waals surface area contributed by atoms with Crippen LogP contribution in [0.1, 0.15) is 41.4 Å². The Morgan fingerprint density at radius 1 is 1.04 bits per heavy atom. The van der Waals surface area contributed by atoms with Crippen LogP contribution < -0.4 is 0 Å². The third-order valence-electron chi connectivity index (χ3n) is 4.51. The minimum atomic E-state index is -0.0471. The topological polar surface area (TPSA) is 47.3 Å². The molecule has 0 spiro atoms. The van der Waals surface area contributed by atoms with Gasteiger partial charge in [-0.2, -0.15) is 0 Å². The molecule has 0 aliphatic heterocycles. The Morgan fingerprint density at radius 3 is 2.44 bits per heavy atom. The van der Waals surface area contributed by atoms with Crippen LogP contribution in [0.25, 0.3) is 16.8 Å². The van der Waals surface area contributed by atoms with Crippen LogP contribution in [-0.4, -0.2) is 19.5 Å². The van der Waals surface area contributed by atoms with Crippen LogP contribution >= 0.6 is 23.4 Å². The first-order chi connectivity index (χ1) is 12.9. The molecule has 0 N–H and O–H groups in total. The molecule has 4 rings (SSSR count). The molecule has 0 aliphatic rings. The summed E-state index contributed by atoms with van der Waals surface area (Å²) in [5, 5.41) is 1.36. The summed E-state index contributed by atoms with van der Waals surface area (Å²) in [6.07, 6.45) is 0. The maximum absolute atomic E-state index is 12.7. The summed E-state index contributed by atoms with van der Waals surface area (Å²) >= 11 is 7.09. The van der Waals surface area contributed by atoms with Crippen LogP contribution in [0.2, 0.25) is 5.02 Å². The van der Waals surface area contributed by atoms with Gasteiger partial charge in [-0.25, -0.2) is 9.97 Å². The summed E-state index contributed by atoms with van der Waals surface area (Å²) in [6, 6.07) is 15.2. The van der Waals surface area contributed by atoms with E-state index in [1.54, 1.807) is 24.3 Å². The van der Waals surface area contributed by atoms with E-state index in [4.69, 9.17) is 11.6 Å². The first-order valence-electron chi connectivity index (χ1n) is 8.70. The number of nitrogens with zero attached hydrogens (tertiary/aromatic N) is 3. The van der Waals surface area contributed by atoms with E-state index in [0.29, 0.717) is 22.3 Å². The summed E-state index contributed by atoms with van der Waals surface area (Å²) in [6.45, 7) is 6.23. The molecule has 0 unspecified atom stereocenters. The van der Waals surface area contributed by atoms with Gasteiger partial charge in [-0.3, -0.25) is 9.20 Å². The van der Waals surface area contributed by atoms with Gasteiger partial charge < -0.3 is 0 Å². The molecular weight excluding hydrogens is 378 g/mol. The molecule has 0 bridgehead atoms. The number of aromatic nitrogens is 3. The van der Waals surface area contributed by atoms with E-state index >= 15 is 0 Å². The van der Waals surface area contributed by atoms with E-state index < -0.39 is 0 Å². The van der Waals surface area contributed by atoms with Crippen molar-refractivity contribution in [2.45, 2.75) is 31.7 Å². The fourth-order valence-corrected chi connectivity index (χ4v) is 4.02. The van der Waals surface area contributed by atoms with E-state index in [9.17, 15) is 4.79 Å². The monoisotopic (exact) mass is 395 g/mol. The van der Waals surface area contributed by atoms with Gasteiger partial charge in [-0.15, -0.1) is 0 Å². The Hall–Kier alpha value is -2.37. The van der Waals surface area contributed by atoms with Crippen LogP contribution in [-0.2, 0) is 0 Å². The second kappa shape index (κ2) is 6.98. The predicted molar refractivity (Wildman–Crippen MR) is 111 cm³/mol.